The number of ether oxygens (including phenoxy) is 2. The third-order valence-corrected chi connectivity index (χ3v) is 7.86. The fourth-order valence-corrected chi connectivity index (χ4v) is 5.81. The minimum atomic E-state index is -0.00135. The van der Waals surface area contributed by atoms with E-state index in [0.29, 0.717) is 35.6 Å². The lowest BCUT2D eigenvalue weighted by Crippen LogP contribution is -2.46. The Hall–Kier alpha value is -2.26. The molecule has 2 amide bonds. The summed E-state index contributed by atoms with van der Waals surface area (Å²) >= 11 is 1.37. The number of carbonyl (C=O) groups excluding carboxylic acids is 2. The monoisotopic (exact) mass is 460 g/mol. The van der Waals surface area contributed by atoms with Gasteiger partial charge in [-0.3, -0.25) is 9.59 Å². The maximum atomic E-state index is 13.3. The first-order valence-electron chi connectivity index (χ1n) is 11.3. The smallest absolute Gasteiger partial charge is 0.264 e. The molecule has 0 atom stereocenters. The highest BCUT2D eigenvalue weighted by Crippen LogP contribution is 2.36. The Balaban J connectivity index is 1.46. The molecule has 4 rings (SSSR count). The van der Waals surface area contributed by atoms with Gasteiger partial charge in [-0.05, 0) is 44.1 Å². The second-order valence-corrected chi connectivity index (χ2v) is 9.89. The van der Waals surface area contributed by atoms with Crippen molar-refractivity contribution >= 4 is 33.4 Å². The first-order valence-corrected chi connectivity index (χ1v) is 12.2. The Morgan fingerprint density at radius 2 is 1.69 bits per heavy atom. The maximum Gasteiger partial charge on any atom is 0.264 e. The minimum absolute atomic E-state index is 0.00135. The number of methoxy groups -OCH3 is 2. The number of aromatic nitrogens is 2. The second-order valence-electron chi connectivity index (χ2n) is 8.89. The Morgan fingerprint density at radius 3 is 2.31 bits per heavy atom. The molecule has 2 aromatic rings. The van der Waals surface area contributed by atoms with E-state index >= 15 is 0 Å². The quantitative estimate of drug-likeness (QED) is 0.681. The first kappa shape index (κ1) is 22.9. The van der Waals surface area contributed by atoms with Crippen molar-refractivity contribution in [1.29, 1.82) is 0 Å². The van der Waals surface area contributed by atoms with Crippen LogP contribution in [0.4, 0.5) is 0 Å². The van der Waals surface area contributed by atoms with Gasteiger partial charge >= 0.3 is 0 Å². The molecule has 0 saturated carbocycles. The van der Waals surface area contributed by atoms with Gasteiger partial charge in [-0.1, -0.05) is 6.92 Å². The van der Waals surface area contributed by atoms with Crippen molar-refractivity contribution in [3.05, 3.63) is 16.3 Å². The number of thiophene rings is 1. The zero-order chi connectivity index (χ0) is 22.8. The van der Waals surface area contributed by atoms with Gasteiger partial charge in [0.15, 0.2) is 5.82 Å². The number of hydrogen-bond acceptors (Lipinski definition) is 7. The van der Waals surface area contributed by atoms with E-state index in [2.05, 4.69) is 16.9 Å². The molecule has 2 aromatic heterocycles. The molecular weight excluding hydrogens is 428 g/mol. The Kier molecular flexibility index (Phi) is 6.95. The van der Waals surface area contributed by atoms with E-state index in [4.69, 9.17) is 9.47 Å². The van der Waals surface area contributed by atoms with Gasteiger partial charge in [-0.2, -0.15) is 4.98 Å². The summed E-state index contributed by atoms with van der Waals surface area (Å²) in [5, 5.41) is 0.782. The molecule has 0 aromatic carbocycles. The number of rotatable bonds is 5. The predicted molar refractivity (Wildman–Crippen MR) is 123 cm³/mol. The number of piperidine rings is 2. The van der Waals surface area contributed by atoms with Crippen LogP contribution < -0.4 is 4.74 Å². The maximum absolute atomic E-state index is 13.3. The molecule has 2 aliphatic heterocycles. The summed E-state index contributed by atoms with van der Waals surface area (Å²) in [7, 11) is 3.16. The fraction of sp³-hybridized carbons (Fsp3) is 0.652. The minimum Gasteiger partial charge on any atom is -0.480 e. The lowest BCUT2D eigenvalue weighted by atomic mass is 9.92. The second kappa shape index (κ2) is 9.70. The number of nitrogens with zero attached hydrogens (tertiary/aromatic N) is 4. The van der Waals surface area contributed by atoms with Gasteiger partial charge < -0.3 is 19.3 Å². The third kappa shape index (κ3) is 4.45. The number of hydrogen-bond donors (Lipinski definition) is 0. The van der Waals surface area contributed by atoms with E-state index < -0.39 is 0 Å². The SMILES string of the molecule is COCc1nc(OC)c2c(C)c(C(=O)N3CCC(C(=O)N4CCC(C)CC4)CC3)sc2n1. The van der Waals surface area contributed by atoms with Crippen LogP contribution in [0.1, 0.15) is 53.7 Å². The van der Waals surface area contributed by atoms with Crippen molar-refractivity contribution in [1.82, 2.24) is 19.8 Å². The van der Waals surface area contributed by atoms with Gasteiger partial charge in [0.1, 0.15) is 11.4 Å². The largest absolute Gasteiger partial charge is 0.480 e. The highest BCUT2D eigenvalue weighted by Gasteiger charge is 2.33. The molecule has 174 valence electrons. The van der Waals surface area contributed by atoms with Crippen LogP contribution in [0.15, 0.2) is 0 Å². The van der Waals surface area contributed by atoms with E-state index in [-0.39, 0.29) is 24.3 Å². The molecule has 8 nitrogen and oxygen atoms in total. The Labute approximate surface area is 192 Å². The van der Waals surface area contributed by atoms with Crippen molar-refractivity contribution in [2.24, 2.45) is 11.8 Å². The van der Waals surface area contributed by atoms with Crippen LogP contribution in [-0.4, -0.2) is 72.0 Å². The van der Waals surface area contributed by atoms with Crippen LogP contribution in [0.5, 0.6) is 5.88 Å². The first-order chi connectivity index (χ1) is 15.4. The van der Waals surface area contributed by atoms with E-state index in [0.717, 1.165) is 54.6 Å². The van der Waals surface area contributed by atoms with Crippen molar-refractivity contribution in [2.45, 2.75) is 46.1 Å². The van der Waals surface area contributed by atoms with E-state index in [1.54, 1.807) is 14.2 Å². The zero-order valence-electron chi connectivity index (χ0n) is 19.3. The summed E-state index contributed by atoms with van der Waals surface area (Å²) in [5.74, 6) is 2.00. The van der Waals surface area contributed by atoms with Gasteiger partial charge in [-0.15, -0.1) is 11.3 Å². The predicted octanol–water partition coefficient (Wildman–Crippen LogP) is 3.27. The molecule has 32 heavy (non-hydrogen) atoms. The number of carbonyl (C=O) groups is 2. The van der Waals surface area contributed by atoms with E-state index in [1.807, 2.05) is 16.7 Å². The van der Waals surface area contributed by atoms with E-state index in [1.165, 1.54) is 11.3 Å². The number of amides is 2. The van der Waals surface area contributed by atoms with Crippen molar-refractivity contribution in [2.75, 3.05) is 40.4 Å². The van der Waals surface area contributed by atoms with Crippen LogP contribution >= 0.6 is 11.3 Å². The van der Waals surface area contributed by atoms with Gasteiger partial charge in [0.25, 0.3) is 5.91 Å². The number of likely N-dealkylation sites (tertiary alicyclic amines) is 2. The van der Waals surface area contributed by atoms with Gasteiger partial charge in [-0.25, -0.2) is 4.98 Å². The molecule has 0 unspecified atom stereocenters. The summed E-state index contributed by atoms with van der Waals surface area (Å²) < 4.78 is 10.6. The lowest BCUT2D eigenvalue weighted by Gasteiger charge is -2.36. The molecule has 0 spiro atoms. The van der Waals surface area contributed by atoms with Gasteiger partial charge in [0.05, 0.1) is 17.4 Å². The average Bonchev–Trinajstić information content (AvgIpc) is 3.14. The highest BCUT2D eigenvalue weighted by atomic mass is 32.1. The van der Waals surface area contributed by atoms with Crippen LogP contribution in [0.2, 0.25) is 0 Å². The fourth-order valence-electron chi connectivity index (χ4n) is 4.65. The van der Waals surface area contributed by atoms with E-state index in [9.17, 15) is 9.59 Å². The summed E-state index contributed by atoms with van der Waals surface area (Å²) in [6.07, 6.45) is 3.63. The van der Waals surface area contributed by atoms with Gasteiger partial charge in [0, 0.05) is 39.2 Å². The Bertz CT molecular complexity index is 992. The highest BCUT2D eigenvalue weighted by molar-refractivity contribution is 7.20. The zero-order valence-corrected chi connectivity index (χ0v) is 20.2. The van der Waals surface area contributed by atoms with Crippen LogP contribution in [0.25, 0.3) is 10.2 Å². The van der Waals surface area contributed by atoms with Crippen LogP contribution in [0, 0.1) is 18.8 Å². The van der Waals surface area contributed by atoms with Crippen LogP contribution in [0.3, 0.4) is 0 Å². The molecule has 0 aliphatic carbocycles. The number of fused-ring (bicyclic) bond motifs is 1. The van der Waals surface area contributed by atoms with Crippen molar-refractivity contribution in [3.63, 3.8) is 0 Å². The summed E-state index contributed by atoms with van der Waals surface area (Å²) in [4.78, 5) is 40.5. The molecule has 0 bridgehead atoms. The summed E-state index contributed by atoms with van der Waals surface area (Å²) in [6, 6.07) is 0. The molecule has 0 N–H and O–H groups in total. The molecular formula is C23H32N4O4S. The molecule has 0 radical (unpaired) electrons. The molecule has 2 aliphatic rings. The summed E-state index contributed by atoms with van der Waals surface area (Å²) in [6.45, 7) is 7.39. The van der Waals surface area contributed by atoms with Crippen molar-refractivity contribution in [3.8, 4) is 5.88 Å². The Morgan fingerprint density at radius 1 is 1.03 bits per heavy atom. The van der Waals surface area contributed by atoms with Crippen molar-refractivity contribution < 1.29 is 19.1 Å². The van der Waals surface area contributed by atoms with Crippen LogP contribution in [-0.2, 0) is 16.1 Å². The lowest BCUT2D eigenvalue weighted by molar-refractivity contribution is -0.138. The third-order valence-electron chi connectivity index (χ3n) is 6.69. The topological polar surface area (TPSA) is 84.9 Å². The number of aryl methyl sites for hydroxylation is 1. The molecule has 9 heteroatoms. The van der Waals surface area contributed by atoms with Gasteiger partial charge in [0.2, 0.25) is 11.8 Å². The summed E-state index contributed by atoms with van der Waals surface area (Å²) in [5.41, 5.74) is 0.844. The molecule has 2 fully saturated rings. The standard InChI is InChI=1S/C23H32N4O4S/c1-14-5-9-26(10-6-14)22(28)16-7-11-27(12-8-16)23(29)19-15(2)18-20(31-4)24-17(13-30-3)25-21(18)32-19/h14,16H,5-13H2,1-4H3. The normalized spacial score (nSPS) is 18.4. The average molecular weight is 461 g/mol. The molecule has 4 heterocycles. The molecule has 2 saturated heterocycles.